The summed E-state index contributed by atoms with van der Waals surface area (Å²) in [6.45, 7) is 0.840. The van der Waals surface area contributed by atoms with E-state index in [1.165, 1.54) is 5.56 Å². The van der Waals surface area contributed by atoms with Gasteiger partial charge in [-0.05, 0) is 24.3 Å². The first-order valence-electron chi connectivity index (χ1n) is 5.63. The van der Waals surface area contributed by atoms with E-state index in [4.69, 9.17) is 4.74 Å². The number of methoxy groups -OCH3 is 1. The molecule has 0 unspecified atom stereocenters. The fourth-order valence-corrected chi connectivity index (χ4v) is 1.58. The normalized spacial score (nSPS) is 10.6. The van der Waals surface area contributed by atoms with Crippen LogP contribution in [-0.4, -0.2) is 13.3 Å². The molecule has 0 heterocycles. The molecule has 0 aromatic heterocycles. The van der Waals surface area contributed by atoms with Gasteiger partial charge in [0.25, 0.3) is 0 Å². The van der Waals surface area contributed by atoms with Gasteiger partial charge < -0.3 is 4.74 Å². The third-order valence-corrected chi connectivity index (χ3v) is 2.53. The third-order valence-electron chi connectivity index (χ3n) is 2.53. The Morgan fingerprint density at radius 1 is 1.00 bits per heavy atom. The topological polar surface area (TPSA) is 23.2 Å². The van der Waals surface area contributed by atoms with Crippen LogP contribution >= 0.6 is 0 Å². The fraction of sp³-hybridized carbons (Fsp3) is 0.133. The quantitative estimate of drug-likeness (QED) is 0.782. The van der Waals surface area contributed by atoms with Crippen molar-refractivity contribution in [1.82, 2.24) is 0 Å². The van der Waals surface area contributed by atoms with Crippen LogP contribution < -0.4 is 9.73 Å². The molecule has 0 aliphatic carbocycles. The molecule has 2 aromatic rings. The summed E-state index contributed by atoms with van der Waals surface area (Å²) in [5.74, 6) is 0.880. The summed E-state index contributed by atoms with van der Waals surface area (Å²) < 4.78 is 5.11. The highest BCUT2D eigenvalue weighted by molar-refractivity contribution is 5.75. The van der Waals surface area contributed by atoms with Crippen molar-refractivity contribution in [2.24, 2.45) is 0 Å². The van der Waals surface area contributed by atoms with Crippen molar-refractivity contribution >= 4 is 6.21 Å². The third kappa shape index (κ3) is 3.45. The molecule has 1 N–H and O–H groups in total. The average Bonchev–Trinajstić information content (AvgIpc) is 2.41. The van der Waals surface area contributed by atoms with E-state index in [9.17, 15) is 0 Å². The largest absolute Gasteiger partial charge is 0.497 e. The van der Waals surface area contributed by atoms with Gasteiger partial charge in [0, 0.05) is 11.1 Å². The van der Waals surface area contributed by atoms with Gasteiger partial charge in [0.2, 0.25) is 0 Å². The van der Waals surface area contributed by atoms with Gasteiger partial charge in [-0.15, -0.1) is 0 Å². The molecule has 0 aliphatic rings. The van der Waals surface area contributed by atoms with E-state index in [0.717, 1.165) is 17.9 Å². The summed E-state index contributed by atoms with van der Waals surface area (Å²) >= 11 is 0. The minimum absolute atomic E-state index is 0.840. The first-order chi connectivity index (χ1) is 8.38. The van der Waals surface area contributed by atoms with Crippen molar-refractivity contribution in [3.8, 4) is 5.75 Å². The molecule has 17 heavy (non-hydrogen) atoms. The van der Waals surface area contributed by atoms with Crippen LogP contribution in [0.4, 0.5) is 0 Å². The Labute approximate surface area is 102 Å². The zero-order valence-corrected chi connectivity index (χ0v) is 9.89. The summed E-state index contributed by atoms with van der Waals surface area (Å²) in [5.41, 5.74) is 2.42. The van der Waals surface area contributed by atoms with E-state index in [1.807, 2.05) is 48.7 Å². The Balaban J connectivity index is 1.96. The molecule has 0 amide bonds. The van der Waals surface area contributed by atoms with Crippen molar-refractivity contribution < 1.29 is 9.73 Å². The molecule has 0 aliphatic heterocycles. The minimum Gasteiger partial charge on any atom is -0.497 e. The second-order valence-electron chi connectivity index (χ2n) is 3.78. The standard InChI is InChI=1S/C15H15NO/c1-17-15-9-7-14(8-10-15)12-16-11-13-5-3-2-4-6-13/h2-10,12H,11H2,1H3/p+1. The highest BCUT2D eigenvalue weighted by atomic mass is 16.5. The molecule has 2 rings (SSSR count). The van der Waals surface area contributed by atoms with E-state index in [0.29, 0.717) is 0 Å². The second-order valence-corrected chi connectivity index (χ2v) is 3.78. The second kappa shape index (κ2) is 5.85. The summed E-state index contributed by atoms with van der Waals surface area (Å²) in [5, 5.41) is 0. The molecule has 2 nitrogen and oxygen atoms in total. The van der Waals surface area contributed by atoms with Crippen LogP contribution in [0.15, 0.2) is 54.6 Å². The summed E-state index contributed by atoms with van der Waals surface area (Å²) in [4.78, 5) is 3.29. The minimum atomic E-state index is 0.840. The molecule has 0 saturated heterocycles. The lowest BCUT2D eigenvalue weighted by Crippen LogP contribution is -2.67. The first-order valence-corrected chi connectivity index (χ1v) is 5.63. The van der Waals surface area contributed by atoms with Gasteiger partial charge in [-0.1, -0.05) is 30.3 Å². The maximum absolute atomic E-state index is 5.11. The van der Waals surface area contributed by atoms with Gasteiger partial charge >= 0.3 is 0 Å². The Kier molecular flexibility index (Phi) is 3.92. The maximum atomic E-state index is 5.11. The van der Waals surface area contributed by atoms with E-state index in [-0.39, 0.29) is 0 Å². The van der Waals surface area contributed by atoms with Crippen LogP contribution in [0.5, 0.6) is 5.75 Å². The van der Waals surface area contributed by atoms with Crippen LogP contribution in [0, 0.1) is 0 Å². The highest BCUT2D eigenvalue weighted by Crippen LogP contribution is 2.08. The van der Waals surface area contributed by atoms with Crippen LogP contribution in [0.2, 0.25) is 0 Å². The Morgan fingerprint density at radius 2 is 1.71 bits per heavy atom. The zero-order chi connectivity index (χ0) is 11.9. The molecule has 0 bridgehead atoms. The van der Waals surface area contributed by atoms with Crippen LogP contribution in [0.3, 0.4) is 0 Å². The number of hydrogen-bond donors (Lipinski definition) is 1. The Bertz CT molecular complexity index is 474. The van der Waals surface area contributed by atoms with Crippen molar-refractivity contribution in [1.29, 1.82) is 0 Å². The Hall–Kier alpha value is -2.09. The van der Waals surface area contributed by atoms with E-state index in [2.05, 4.69) is 17.1 Å². The van der Waals surface area contributed by atoms with Gasteiger partial charge in [0.05, 0.1) is 7.11 Å². The van der Waals surface area contributed by atoms with E-state index < -0.39 is 0 Å². The molecule has 0 spiro atoms. The van der Waals surface area contributed by atoms with E-state index in [1.54, 1.807) is 7.11 Å². The van der Waals surface area contributed by atoms with Crippen LogP contribution in [-0.2, 0) is 6.54 Å². The molecule has 86 valence electrons. The van der Waals surface area contributed by atoms with Gasteiger partial charge in [-0.25, -0.2) is 4.99 Å². The molecule has 0 fully saturated rings. The molecule has 0 saturated carbocycles. The summed E-state index contributed by atoms with van der Waals surface area (Å²) in [7, 11) is 1.67. The lowest BCUT2D eigenvalue weighted by atomic mass is 10.2. The Morgan fingerprint density at radius 3 is 2.35 bits per heavy atom. The van der Waals surface area contributed by atoms with Crippen molar-refractivity contribution in [3.05, 3.63) is 65.7 Å². The summed E-state index contributed by atoms with van der Waals surface area (Å²) in [6, 6.07) is 18.3. The monoisotopic (exact) mass is 226 g/mol. The number of ether oxygens (including phenoxy) is 1. The van der Waals surface area contributed by atoms with Gasteiger partial charge in [-0.2, -0.15) is 0 Å². The van der Waals surface area contributed by atoms with Gasteiger partial charge in [-0.3, -0.25) is 0 Å². The SMILES string of the molecule is COc1ccc(C=[NH+]Cc2ccccc2)cc1. The summed E-state index contributed by atoms with van der Waals surface area (Å²) in [6.07, 6.45) is 2.01. The smallest absolute Gasteiger partial charge is 0.169 e. The molecular formula is C15H16NO+. The lowest BCUT2D eigenvalue weighted by Gasteiger charge is -1.97. The molecular weight excluding hydrogens is 210 g/mol. The van der Waals surface area contributed by atoms with Crippen molar-refractivity contribution in [3.63, 3.8) is 0 Å². The van der Waals surface area contributed by atoms with Crippen LogP contribution in [0.1, 0.15) is 11.1 Å². The van der Waals surface area contributed by atoms with Crippen LogP contribution in [0.25, 0.3) is 0 Å². The van der Waals surface area contributed by atoms with Crippen molar-refractivity contribution in [2.45, 2.75) is 6.54 Å². The molecule has 0 atom stereocenters. The van der Waals surface area contributed by atoms with Gasteiger partial charge in [0.1, 0.15) is 5.75 Å². The number of hydrogen-bond acceptors (Lipinski definition) is 1. The molecule has 2 aromatic carbocycles. The first kappa shape index (κ1) is 11.4. The molecule has 2 heteroatoms. The number of rotatable bonds is 4. The fourth-order valence-electron chi connectivity index (χ4n) is 1.58. The highest BCUT2D eigenvalue weighted by Gasteiger charge is 1.94. The van der Waals surface area contributed by atoms with Crippen molar-refractivity contribution in [2.75, 3.05) is 7.11 Å². The predicted octanol–water partition coefficient (Wildman–Crippen LogP) is 1.39. The number of benzene rings is 2. The predicted molar refractivity (Wildman–Crippen MR) is 69.3 cm³/mol. The maximum Gasteiger partial charge on any atom is 0.169 e. The lowest BCUT2D eigenvalue weighted by molar-refractivity contribution is -0.469. The molecule has 0 radical (unpaired) electrons. The average molecular weight is 226 g/mol. The van der Waals surface area contributed by atoms with E-state index >= 15 is 0 Å². The van der Waals surface area contributed by atoms with Gasteiger partial charge in [0.15, 0.2) is 12.8 Å². The number of nitrogens with one attached hydrogen (secondary N) is 1. The zero-order valence-electron chi connectivity index (χ0n) is 9.89.